The summed E-state index contributed by atoms with van der Waals surface area (Å²) in [4.78, 5) is 0. The Balaban J connectivity index is 1.53. The first-order chi connectivity index (χ1) is 11.4. The van der Waals surface area contributed by atoms with Gasteiger partial charge in [-0.2, -0.15) is 0 Å². The molecule has 1 saturated heterocycles. The topological polar surface area (TPSA) is 59.3 Å². The first-order valence-corrected chi connectivity index (χ1v) is 8.51. The fourth-order valence-corrected chi connectivity index (χ4v) is 2.97. The molecule has 1 heterocycles. The van der Waals surface area contributed by atoms with E-state index in [4.69, 9.17) is 10.5 Å². The van der Waals surface area contributed by atoms with Crippen LogP contribution >= 0.6 is 0 Å². The lowest BCUT2D eigenvalue weighted by Gasteiger charge is -2.19. The van der Waals surface area contributed by atoms with Crippen LogP contribution in [0.2, 0.25) is 0 Å². The first-order valence-electron chi connectivity index (χ1n) is 8.51. The summed E-state index contributed by atoms with van der Waals surface area (Å²) in [6.07, 6.45) is 0.976. The molecule has 2 aromatic carbocycles. The number of nitrogens with two attached hydrogens (primary N) is 1. The molecule has 1 aliphatic heterocycles. The average molecular weight is 325 g/mol. The smallest absolute Gasteiger partial charge is 0.119 e. The van der Waals surface area contributed by atoms with E-state index in [1.54, 1.807) is 0 Å². The molecular weight excluding hydrogens is 298 g/mol. The number of benzene rings is 2. The van der Waals surface area contributed by atoms with E-state index >= 15 is 0 Å². The van der Waals surface area contributed by atoms with Crippen LogP contribution in [0.5, 0.6) is 5.75 Å². The molecule has 1 fully saturated rings. The molecular formula is C20H27N3O. The predicted octanol–water partition coefficient (Wildman–Crippen LogP) is 3.55. The molecule has 4 N–H and O–H groups in total. The zero-order valence-corrected chi connectivity index (χ0v) is 14.7. The Bertz CT molecular complexity index is 676. The molecule has 4 heteroatoms. The Hall–Kier alpha value is -2.04. The Kier molecular flexibility index (Phi) is 4.78. The van der Waals surface area contributed by atoms with Gasteiger partial charge < -0.3 is 10.5 Å². The highest BCUT2D eigenvalue weighted by Crippen LogP contribution is 2.26. The van der Waals surface area contributed by atoms with E-state index in [0.29, 0.717) is 6.61 Å². The third kappa shape index (κ3) is 4.08. The maximum Gasteiger partial charge on any atom is 0.119 e. The van der Waals surface area contributed by atoms with E-state index in [9.17, 15) is 0 Å². The number of rotatable bonds is 4. The molecule has 0 amide bonds. The molecule has 3 rings (SSSR count). The van der Waals surface area contributed by atoms with Crippen molar-refractivity contribution in [2.75, 3.05) is 12.3 Å². The number of nitrogens with one attached hydrogen (secondary N) is 2. The Labute approximate surface area is 144 Å². The molecule has 128 valence electrons. The quantitative estimate of drug-likeness (QED) is 0.752. The second-order valence-corrected chi connectivity index (χ2v) is 7.53. The average Bonchev–Trinajstić information content (AvgIpc) is 3.01. The van der Waals surface area contributed by atoms with Crippen molar-refractivity contribution in [3.8, 4) is 5.75 Å². The van der Waals surface area contributed by atoms with Crippen LogP contribution < -0.4 is 21.3 Å². The van der Waals surface area contributed by atoms with E-state index in [1.165, 1.54) is 11.1 Å². The molecule has 0 bridgehead atoms. The lowest BCUT2D eigenvalue weighted by Crippen LogP contribution is -2.34. The molecule has 4 nitrogen and oxygen atoms in total. The van der Waals surface area contributed by atoms with Gasteiger partial charge in [0.1, 0.15) is 12.4 Å². The highest BCUT2D eigenvalue weighted by atomic mass is 16.5. The number of hydrogen-bond donors (Lipinski definition) is 3. The monoisotopic (exact) mass is 325 g/mol. The summed E-state index contributed by atoms with van der Waals surface area (Å²) < 4.78 is 5.94. The third-order valence-electron chi connectivity index (χ3n) is 4.47. The number of ether oxygens (including phenoxy) is 1. The Morgan fingerprint density at radius 1 is 1.08 bits per heavy atom. The lowest BCUT2D eigenvalue weighted by atomic mass is 9.87. The standard InChI is InChI=1S/C20H27N3O/c1-20(2,3)15-7-9-18(10-8-15)24-13-17-12-19(23-22-17)14-5-4-6-16(21)11-14/h4-11,17,19,22-23H,12-13,21H2,1-3H3. The van der Waals surface area contributed by atoms with Crippen LogP contribution in [0.4, 0.5) is 5.69 Å². The zero-order valence-electron chi connectivity index (χ0n) is 14.7. The van der Waals surface area contributed by atoms with Gasteiger partial charge in [0.05, 0.1) is 6.04 Å². The van der Waals surface area contributed by atoms with E-state index in [0.717, 1.165) is 17.9 Å². The van der Waals surface area contributed by atoms with Crippen molar-refractivity contribution in [2.24, 2.45) is 0 Å². The van der Waals surface area contributed by atoms with Crippen LogP contribution in [0.3, 0.4) is 0 Å². The van der Waals surface area contributed by atoms with Crippen molar-refractivity contribution < 1.29 is 4.74 Å². The largest absolute Gasteiger partial charge is 0.492 e. The van der Waals surface area contributed by atoms with Gasteiger partial charge in [-0.15, -0.1) is 0 Å². The summed E-state index contributed by atoms with van der Waals surface area (Å²) >= 11 is 0. The summed E-state index contributed by atoms with van der Waals surface area (Å²) in [5.41, 5.74) is 16.0. The maximum absolute atomic E-state index is 5.94. The predicted molar refractivity (Wildman–Crippen MR) is 98.9 cm³/mol. The number of hydrogen-bond acceptors (Lipinski definition) is 4. The first kappa shape index (κ1) is 16.8. The minimum atomic E-state index is 0.167. The molecule has 2 aromatic rings. The number of nitrogen functional groups attached to an aromatic ring is 1. The van der Waals surface area contributed by atoms with Crippen molar-refractivity contribution >= 4 is 5.69 Å². The van der Waals surface area contributed by atoms with Crippen LogP contribution in [0.25, 0.3) is 0 Å². The fraction of sp³-hybridized carbons (Fsp3) is 0.400. The zero-order chi connectivity index (χ0) is 17.2. The normalized spacial score (nSPS) is 21.0. The second-order valence-electron chi connectivity index (χ2n) is 7.53. The van der Waals surface area contributed by atoms with Crippen molar-refractivity contribution in [3.63, 3.8) is 0 Å². The molecule has 1 aliphatic rings. The molecule has 2 atom stereocenters. The van der Waals surface area contributed by atoms with Gasteiger partial charge in [0, 0.05) is 11.7 Å². The molecule has 0 aromatic heterocycles. The van der Waals surface area contributed by atoms with E-state index in [-0.39, 0.29) is 17.5 Å². The van der Waals surface area contributed by atoms with Crippen LogP contribution in [0.15, 0.2) is 48.5 Å². The summed E-state index contributed by atoms with van der Waals surface area (Å²) in [7, 11) is 0. The summed E-state index contributed by atoms with van der Waals surface area (Å²) in [6, 6.07) is 17.0. The summed E-state index contributed by atoms with van der Waals surface area (Å²) in [6.45, 7) is 7.29. The molecule has 2 unspecified atom stereocenters. The van der Waals surface area contributed by atoms with Crippen LogP contribution in [0.1, 0.15) is 44.4 Å². The minimum Gasteiger partial charge on any atom is -0.492 e. The third-order valence-corrected chi connectivity index (χ3v) is 4.47. The molecule has 0 aliphatic carbocycles. The van der Waals surface area contributed by atoms with Gasteiger partial charge in [-0.3, -0.25) is 5.43 Å². The van der Waals surface area contributed by atoms with E-state index in [1.807, 2.05) is 18.2 Å². The molecule has 0 spiro atoms. The van der Waals surface area contributed by atoms with Crippen molar-refractivity contribution in [1.82, 2.24) is 10.9 Å². The molecule has 24 heavy (non-hydrogen) atoms. The van der Waals surface area contributed by atoms with Crippen LogP contribution in [0, 0.1) is 0 Å². The van der Waals surface area contributed by atoms with Crippen LogP contribution in [-0.2, 0) is 5.41 Å². The summed E-state index contributed by atoms with van der Waals surface area (Å²) in [5.74, 6) is 0.914. The van der Waals surface area contributed by atoms with Crippen LogP contribution in [-0.4, -0.2) is 12.6 Å². The van der Waals surface area contributed by atoms with Gasteiger partial charge in [-0.05, 0) is 47.2 Å². The number of hydrazine groups is 1. The minimum absolute atomic E-state index is 0.167. The van der Waals surface area contributed by atoms with E-state index in [2.05, 4.69) is 62.0 Å². The maximum atomic E-state index is 5.94. The van der Waals surface area contributed by atoms with Gasteiger partial charge in [0.2, 0.25) is 0 Å². The SMILES string of the molecule is CC(C)(C)c1ccc(OCC2CC(c3cccc(N)c3)NN2)cc1. The lowest BCUT2D eigenvalue weighted by molar-refractivity contribution is 0.272. The van der Waals surface area contributed by atoms with Gasteiger partial charge >= 0.3 is 0 Å². The Morgan fingerprint density at radius 3 is 2.50 bits per heavy atom. The van der Waals surface area contributed by atoms with Gasteiger partial charge in [-0.25, -0.2) is 5.43 Å². The van der Waals surface area contributed by atoms with Crippen molar-refractivity contribution in [3.05, 3.63) is 59.7 Å². The van der Waals surface area contributed by atoms with E-state index < -0.39 is 0 Å². The molecule has 0 saturated carbocycles. The van der Waals surface area contributed by atoms with Crippen molar-refractivity contribution in [1.29, 1.82) is 0 Å². The van der Waals surface area contributed by atoms with Gasteiger partial charge in [0.25, 0.3) is 0 Å². The second kappa shape index (κ2) is 6.83. The highest BCUT2D eigenvalue weighted by molar-refractivity contribution is 5.42. The van der Waals surface area contributed by atoms with Gasteiger partial charge in [-0.1, -0.05) is 45.0 Å². The Morgan fingerprint density at radius 2 is 1.83 bits per heavy atom. The fourth-order valence-electron chi connectivity index (χ4n) is 2.97. The van der Waals surface area contributed by atoms with Gasteiger partial charge in [0.15, 0.2) is 0 Å². The highest BCUT2D eigenvalue weighted by Gasteiger charge is 2.25. The van der Waals surface area contributed by atoms with Crippen molar-refractivity contribution in [2.45, 2.75) is 44.7 Å². The summed E-state index contributed by atoms with van der Waals surface area (Å²) in [5, 5.41) is 0. The molecule has 0 radical (unpaired) electrons. The number of anilines is 1.